The largest absolute Gasteiger partial charge is 0.444 e. The molecule has 0 aliphatic carbocycles. The maximum atomic E-state index is 12.7. The van der Waals surface area contributed by atoms with Crippen LogP contribution in [-0.4, -0.2) is 15.0 Å². The summed E-state index contributed by atoms with van der Waals surface area (Å²) in [6.45, 7) is 2.17. The highest BCUT2D eigenvalue weighted by molar-refractivity contribution is 5.32. The number of halogens is 1. The van der Waals surface area contributed by atoms with Gasteiger partial charge in [-0.2, -0.15) is 4.39 Å². The van der Waals surface area contributed by atoms with Crippen LogP contribution in [-0.2, 0) is 6.54 Å². The van der Waals surface area contributed by atoms with E-state index in [4.69, 9.17) is 4.42 Å². The molecule has 0 bridgehead atoms. The van der Waals surface area contributed by atoms with E-state index >= 15 is 0 Å². The fraction of sp³-hybridized carbons (Fsp3) is 0.222. The van der Waals surface area contributed by atoms with Crippen molar-refractivity contribution in [3.63, 3.8) is 0 Å². The van der Waals surface area contributed by atoms with E-state index in [1.807, 2.05) is 0 Å². The molecule has 0 spiro atoms. The molecule has 0 amide bonds. The van der Waals surface area contributed by atoms with Crippen molar-refractivity contribution in [1.29, 1.82) is 0 Å². The van der Waals surface area contributed by atoms with Gasteiger partial charge in [-0.25, -0.2) is 15.0 Å². The summed E-state index contributed by atoms with van der Waals surface area (Å²) >= 11 is 0. The average molecular weight is 208 g/mol. The number of aryl methyl sites for hydroxylation is 1. The molecule has 0 aliphatic heterocycles. The molecule has 0 radical (unpaired) electrons. The number of hydrogen-bond acceptors (Lipinski definition) is 5. The number of anilines is 1. The molecular formula is C9H9FN4O. The summed E-state index contributed by atoms with van der Waals surface area (Å²) in [5.74, 6) is 1.12. The molecule has 2 aromatic rings. The predicted octanol–water partition coefficient (Wildman–Crippen LogP) is 1.52. The highest BCUT2D eigenvalue weighted by Gasteiger charge is 2.01. The van der Waals surface area contributed by atoms with Gasteiger partial charge < -0.3 is 9.73 Å². The summed E-state index contributed by atoms with van der Waals surface area (Å²) in [5.41, 5.74) is 0. The molecule has 2 aromatic heterocycles. The molecule has 0 atom stereocenters. The van der Waals surface area contributed by atoms with Crippen LogP contribution in [0.2, 0.25) is 0 Å². The van der Waals surface area contributed by atoms with Crippen molar-refractivity contribution in [2.75, 3.05) is 5.32 Å². The van der Waals surface area contributed by atoms with Gasteiger partial charge >= 0.3 is 0 Å². The molecule has 6 heteroatoms. The van der Waals surface area contributed by atoms with Gasteiger partial charge in [0.1, 0.15) is 17.9 Å². The smallest absolute Gasteiger partial charge is 0.217 e. The van der Waals surface area contributed by atoms with Crippen LogP contribution in [0.3, 0.4) is 0 Å². The van der Waals surface area contributed by atoms with Crippen molar-refractivity contribution >= 4 is 5.82 Å². The van der Waals surface area contributed by atoms with E-state index in [1.165, 1.54) is 6.07 Å². The van der Waals surface area contributed by atoms with Crippen LogP contribution in [0.15, 0.2) is 23.0 Å². The van der Waals surface area contributed by atoms with E-state index in [0.29, 0.717) is 24.0 Å². The second-order valence-corrected chi connectivity index (χ2v) is 2.93. The van der Waals surface area contributed by atoms with Crippen LogP contribution in [0.4, 0.5) is 10.2 Å². The Morgan fingerprint density at radius 3 is 2.93 bits per heavy atom. The summed E-state index contributed by atoms with van der Waals surface area (Å²) in [5, 5.41) is 2.89. The molecule has 78 valence electrons. The molecule has 15 heavy (non-hydrogen) atoms. The Morgan fingerprint density at radius 2 is 2.27 bits per heavy atom. The molecular weight excluding hydrogens is 199 g/mol. The molecule has 0 saturated carbocycles. The van der Waals surface area contributed by atoms with E-state index in [9.17, 15) is 4.39 Å². The van der Waals surface area contributed by atoms with E-state index in [-0.39, 0.29) is 0 Å². The normalized spacial score (nSPS) is 10.3. The van der Waals surface area contributed by atoms with Gasteiger partial charge in [0.05, 0.1) is 12.7 Å². The van der Waals surface area contributed by atoms with Crippen molar-refractivity contribution in [2.24, 2.45) is 0 Å². The van der Waals surface area contributed by atoms with Crippen LogP contribution in [0.25, 0.3) is 0 Å². The number of oxazole rings is 1. The maximum absolute atomic E-state index is 12.7. The minimum absolute atomic E-state index is 0.413. The fourth-order valence-corrected chi connectivity index (χ4v) is 1.09. The van der Waals surface area contributed by atoms with Gasteiger partial charge in [0.15, 0.2) is 5.89 Å². The Kier molecular flexibility index (Phi) is 2.57. The molecule has 0 aliphatic rings. The standard InChI is InChI=1S/C9H9FN4O/c1-6-11-3-7(15-6)4-12-9-2-8(10)13-5-14-9/h2-3,5H,4H2,1H3,(H,12,13,14). The monoisotopic (exact) mass is 208 g/mol. The molecule has 2 rings (SSSR count). The van der Waals surface area contributed by atoms with Gasteiger partial charge in [-0.05, 0) is 0 Å². The number of hydrogen-bond donors (Lipinski definition) is 1. The average Bonchev–Trinajstić information content (AvgIpc) is 2.62. The zero-order chi connectivity index (χ0) is 10.7. The lowest BCUT2D eigenvalue weighted by Crippen LogP contribution is -2.01. The topological polar surface area (TPSA) is 63.8 Å². The number of nitrogens with zero attached hydrogens (tertiary/aromatic N) is 3. The first kappa shape index (κ1) is 9.57. The predicted molar refractivity (Wildman–Crippen MR) is 50.6 cm³/mol. The highest BCUT2D eigenvalue weighted by atomic mass is 19.1. The Bertz CT molecular complexity index is 457. The first-order chi connectivity index (χ1) is 7.24. The molecule has 0 aromatic carbocycles. The van der Waals surface area contributed by atoms with Gasteiger partial charge in [-0.1, -0.05) is 0 Å². The third-order valence-corrected chi connectivity index (χ3v) is 1.75. The van der Waals surface area contributed by atoms with E-state index in [0.717, 1.165) is 6.33 Å². The quantitative estimate of drug-likeness (QED) is 0.775. The lowest BCUT2D eigenvalue weighted by atomic mass is 10.5. The highest BCUT2D eigenvalue weighted by Crippen LogP contribution is 2.07. The van der Waals surface area contributed by atoms with Crippen LogP contribution in [0, 0.1) is 12.9 Å². The second-order valence-electron chi connectivity index (χ2n) is 2.93. The molecule has 0 unspecified atom stereocenters. The van der Waals surface area contributed by atoms with E-state index in [1.54, 1.807) is 13.1 Å². The molecule has 2 heterocycles. The van der Waals surface area contributed by atoms with Gasteiger partial charge in [0.2, 0.25) is 5.95 Å². The first-order valence-electron chi connectivity index (χ1n) is 4.37. The Labute approximate surface area is 85.4 Å². The van der Waals surface area contributed by atoms with E-state index < -0.39 is 5.95 Å². The number of rotatable bonds is 3. The Hall–Kier alpha value is -1.98. The maximum Gasteiger partial charge on any atom is 0.217 e. The third-order valence-electron chi connectivity index (χ3n) is 1.75. The van der Waals surface area contributed by atoms with Gasteiger partial charge in [-0.15, -0.1) is 0 Å². The first-order valence-corrected chi connectivity index (χ1v) is 4.37. The summed E-state index contributed by atoms with van der Waals surface area (Å²) < 4.78 is 17.9. The van der Waals surface area contributed by atoms with Crippen molar-refractivity contribution in [3.8, 4) is 0 Å². The summed E-state index contributed by atoms with van der Waals surface area (Å²) in [6, 6.07) is 1.21. The third kappa shape index (κ3) is 2.49. The SMILES string of the molecule is Cc1ncc(CNc2cc(F)ncn2)o1. The summed E-state index contributed by atoms with van der Waals surface area (Å²) in [6.07, 6.45) is 2.77. The lowest BCUT2D eigenvalue weighted by Gasteiger charge is -2.01. The van der Waals surface area contributed by atoms with Crippen molar-refractivity contribution < 1.29 is 8.81 Å². The van der Waals surface area contributed by atoms with Crippen molar-refractivity contribution in [1.82, 2.24) is 15.0 Å². The zero-order valence-corrected chi connectivity index (χ0v) is 8.07. The lowest BCUT2D eigenvalue weighted by molar-refractivity contribution is 0.481. The molecule has 0 saturated heterocycles. The van der Waals surface area contributed by atoms with Gasteiger partial charge in [0, 0.05) is 13.0 Å². The second kappa shape index (κ2) is 4.04. The van der Waals surface area contributed by atoms with Crippen LogP contribution >= 0.6 is 0 Å². The molecule has 5 nitrogen and oxygen atoms in total. The number of aromatic nitrogens is 3. The van der Waals surface area contributed by atoms with Gasteiger partial charge in [-0.3, -0.25) is 0 Å². The zero-order valence-electron chi connectivity index (χ0n) is 8.07. The number of nitrogens with one attached hydrogen (secondary N) is 1. The Balaban J connectivity index is 1.99. The van der Waals surface area contributed by atoms with Crippen LogP contribution in [0.1, 0.15) is 11.7 Å². The van der Waals surface area contributed by atoms with E-state index in [2.05, 4.69) is 20.3 Å². The molecule has 0 fully saturated rings. The summed E-state index contributed by atoms with van der Waals surface area (Å²) in [7, 11) is 0. The minimum Gasteiger partial charge on any atom is -0.444 e. The summed E-state index contributed by atoms with van der Waals surface area (Å²) in [4.78, 5) is 11.1. The minimum atomic E-state index is -0.568. The van der Waals surface area contributed by atoms with Crippen LogP contribution < -0.4 is 5.32 Å². The van der Waals surface area contributed by atoms with Gasteiger partial charge in [0.25, 0.3) is 0 Å². The van der Waals surface area contributed by atoms with Crippen LogP contribution in [0.5, 0.6) is 0 Å². The van der Waals surface area contributed by atoms with Crippen molar-refractivity contribution in [3.05, 3.63) is 36.2 Å². The fourth-order valence-electron chi connectivity index (χ4n) is 1.09. The Morgan fingerprint density at radius 1 is 1.40 bits per heavy atom. The van der Waals surface area contributed by atoms with Crippen molar-refractivity contribution in [2.45, 2.75) is 13.5 Å². The molecule has 1 N–H and O–H groups in total.